The van der Waals surface area contributed by atoms with Gasteiger partial charge in [-0.25, -0.2) is 9.78 Å². The number of rotatable bonds is 7. The number of pyridine rings is 2. The molecule has 1 aromatic carbocycles. The molecule has 7 nitrogen and oxygen atoms in total. The first-order valence-corrected chi connectivity index (χ1v) is 9.12. The number of anilines is 2. The minimum absolute atomic E-state index is 0.131. The molecule has 0 aliphatic heterocycles. The number of benzene rings is 1. The Kier molecular flexibility index (Phi) is 6.52. The van der Waals surface area contributed by atoms with Gasteiger partial charge in [-0.15, -0.1) is 0 Å². The fraction of sp³-hybridized carbons (Fsp3) is 0.182. The van der Waals surface area contributed by atoms with Crippen LogP contribution in [0.3, 0.4) is 0 Å². The standard InChI is InChI=1S/C22H22N4O3/c1-26(14-11-16-9-12-23-13-10-16)21(27)20-8-7-19(15-24-20)25-18-5-3-17(4-6-18)22(28)29-2/h3-10,12-13,15,25H,11,14H2,1-2H3. The van der Waals surface area contributed by atoms with Crippen LogP contribution in [0.15, 0.2) is 67.1 Å². The largest absolute Gasteiger partial charge is 0.465 e. The summed E-state index contributed by atoms with van der Waals surface area (Å²) in [5.41, 5.74) is 3.53. The normalized spacial score (nSPS) is 10.3. The minimum atomic E-state index is -0.380. The lowest BCUT2D eigenvalue weighted by atomic mass is 10.2. The van der Waals surface area contributed by atoms with Crippen molar-refractivity contribution < 1.29 is 14.3 Å². The van der Waals surface area contributed by atoms with Gasteiger partial charge in [0.15, 0.2) is 0 Å². The molecule has 0 aliphatic rings. The molecule has 148 valence electrons. The molecule has 7 heteroatoms. The number of carbonyl (C=O) groups excluding carboxylic acids is 2. The zero-order valence-electron chi connectivity index (χ0n) is 16.3. The number of nitrogens with one attached hydrogen (secondary N) is 1. The van der Waals surface area contributed by atoms with Gasteiger partial charge in [0.05, 0.1) is 24.6 Å². The predicted octanol–water partition coefficient (Wildman–Crippen LogP) is 3.32. The Bertz CT molecular complexity index is 958. The maximum atomic E-state index is 12.6. The van der Waals surface area contributed by atoms with Gasteiger partial charge in [-0.05, 0) is 60.5 Å². The third-order valence-electron chi connectivity index (χ3n) is 4.41. The van der Waals surface area contributed by atoms with Gasteiger partial charge in [0.2, 0.25) is 0 Å². The van der Waals surface area contributed by atoms with E-state index < -0.39 is 0 Å². The van der Waals surface area contributed by atoms with Crippen molar-refractivity contribution in [3.8, 4) is 0 Å². The molecular formula is C22H22N4O3. The van der Waals surface area contributed by atoms with Gasteiger partial charge in [-0.2, -0.15) is 0 Å². The van der Waals surface area contributed by atoms with E-state index >= 15 is 0 Å². The highest BCUT2D eigenvalue weighted by Crippen LogP contribution is 2.17. The Hall–Kier alpha value is -3.74. The number of hydrogen-bond donors (Lipinski definition) is 1. The topological polar surface area (TPSA) is 84.4 Å². The number of hydrogen-bond acceptors (Lipinski definition) is 6. The molecule has 2 aromatic heterocycles. The molecule has 1 N–H and O–H groups in total. The second-order valence-corrected chi connectivity index (χ2v) is 6.46. The van der Waals surface area contributed by atoms with E-state index in [4.69, 9.17) is 0 Å². The van der Waals surface area contributed by atoms with Crippen LogP contribution in [0.25, 0.3) is 0 Å². The van der Waals surface area contributed by atoms with Crippen molar-refractivity contribution in [1.82, 2.24) is 14.9 Å². The molecule has 0 atom stereocenters. The molecule has 0 radical (unpaired) electrons. The van der Waals surface area contributed by atoms with Gasteiger partial charge in [-0.3, -0.25) is 9.78 Å². The first-order valence-electron chi connectivity index (χ1n) is 9.12. The van der Waals surface area contributed by atoms with Crippen molar-refractivity contribution in [2.45, 2.75) is 6.42 Å². The average molecular weight is 390 g/mol. The first-order chi connectivity index (χ1) is 14.1. The van der Waals surface area contributed by atoms with Crippen molar-refractivity contribution in [1.29, 1.82) is 0 Å². The maximum Gasteiger partial charge on any atom is 0.337 e. The third kappa shape index (κ3) is 5.38. The van der Waals surface area contributed by atoms with Crippen molar-refractivity contribution in [2.24, 2.45) is 0 Å². The van der Waals surface area contributed by atoms with Gasteiger partial charge in [0.25, 0.3) is 5.91 Å². The van der Waals surface area contributed by atoms with E-state index in [0.717, 1.165) is 23.4 Å². The number of ether oxygens (including phenoxy) is 1. The fourth-order valence-corrected chi connectivity index (χ4v) is 2.71. The number of likely N-dealkylation sites (N-methyl/N-ethyl adjacent to an activating group) is 1. The van der Waals surface area contributed by atoms with Gasteiger partial charge in [0.1, 0.15) is 5.69 Å². The van der Waals surface area contributed by atoms with Gasteiger partial charge >= 0.3 is 5.97 Å². The highest BCUT2D eigenvalue weighted by Gasteiger charge is 2.13. The Morgan fingerprint density at radius 2 is 1.69 bits per heavy atom. The quantitative estimate of drug-likeness (QED) is 0.623. The van der Waals surface area contributed by atoms with E-state index in [2.05, 4.69) is 20.0 Å². The van der Waals surface area contributed by atoms with Gasteiger partial charge in [-0.1, -0.05) is 0 Å². The number of nitrogens with zero attached hydrogens (tertiary/aromatic N) is 3. The lowest BCUT2D eigenvalue weighted by Crippen LogP contribution is -2.29. The summed E-state index contributed by atoms with van der Waals surface area (Å²) < 4.78 is 4.68. The lowest BCUT2D eigenvalue weighted by Gasteiger charge is -2.17. The molecule has 0 saturated heterocycles. The third-order valence-corrected chi connectivity index (χ3v) is 4.41. The van der Waals surface area contributed by atoms with Crippen molar-refractivity contribution in [3.05, 3.63) is 83.9 Å². The minimum Gasteiger partial charge on any atom is -0.465 e. The summed E-state index contributed by atoms with van der Waals surface area (Å²) in [6, 6.07) is 14.3. The van der Waals surface area contributed by atoms with Crippen LogP contribution in [0.4, 0.5) is 11.4 Å². The summed E-state index contributed by atoms with van der Waals surface area (Å²) in [7, 11) is 3.11. The van der Waals surface area contributed by atoms with Crippen LogP contribution in [-0.2, 0) is 11.2 Å². The van der Waals surface area contributed by atoms with Gasteiger partial charge in [0, 0.05) is 31.7 Å². The molecule has 2 heterocycles. The summed E-state index contributed by atoms with van der Waals surface area (Å²) in [5.74, 6) is -0.512. The van der Waals surface area contributed by atoms with Crippen molar-refractivity contribution in [3.63, 3.8) is 0 Å². The zero-order chi connectivity index (χ0) is 20.6. The first kappa shape index (κ1) is 20.0. The summed E-state index contributed by atoms with van der Waals surface area (Å²) in [6.07, 6.45) is 5.85. The fourth-order valence-electron chi connectivity index (χ4n) is 2.71. The summed E-state index contributed by atoms with van der Waals surface area (Å²) in [6.45, 7) is 0.594. The second kappa shape index (κ2) is 9.45. The average Bonchev–Trinajstić information content (AvgIpc) is 2.78. The van der Waals surface area contributed by atoms with E-state index in [-0.39, 0.29) is 11.9 Å². The molecule has 29 heavy (non-hydrogen) atoms. The Morgan fingerprint density at radius 1 is 1.00 bits per heavy atom. The van der Waals surface area contributed by atoms with Crippen LogP contribution in [0.2, 0.25) is 0 Å². The number of esters is 1. The maximum absolute atomic E-state index is 12.6. The van der Waals surface area contributed by atoms with E-state index in [1.54, 1.807) is 66.9 Å². The van der Waals surface area contributed by atoms with Crippen LogP contribution in [-0.4, -0.2) is 47.4 Å². The van der Waals surface area contributed by atoms with Crippen LogP contribution >= 0.6 is 0 Å². The van der Waals surface area contributed by atoms with E-state index in [0.29, 0.717) is 17.8 Å². The lowest BCUT2D eigenvalue weighted by molar-refractivity contribution is 0.0600. The van der Waals surface area contributed by atoms with Crippen LogP contribution in [0, 0.1) is 0 Å². The SMILES string of the molecule is COC(=O)c1ccc(Nc2ccc(C(=O)N(C)CCc3ccncc3)nc2)cc1. The monoisotopic (exact) mass is 390 g/mol. The number of carbonyl (C=O) groups is 2. The molecule has 3 aromatic rings. The van der Waals surface area contributed by atoms with Crippen molar-refractivity contribution in [2.75, 3.05) is 26.0 Å². The molecule has 0 aliphatic carbocycles. The molecule has 0 spiro atoms. The summed E-state index contributed by atoms with van der Waals surface area (Å²) >= 11 is 0. The van der Waals surface area contributed by atoms with Crippen molar-refractivity contribution >= 4 is 23.3 Å². The second-order valence-electron chi connectivity index (χ2n) is 6.46. The Morgan fingerprint density at radius 3 is 2.31 bits per heavy atom. The molecule has 1 amide bonds. The molecule has 0 saturated carbocycles. The van der Waals surface area contributed by atoms with E-state index in [9.17, 15) is 9.59 Å². The van der Waals surface area contributed by atoms with Crippen LogP contribution < -0.4 is 5.32 Å². The number of aromatic nitrogens is 2. The summed E-state index contributed by atoms with van der Waals surface area (Å²) in [4.78, 5) is 33.9. The van der Waals surface area contributed by atoms with Crippen LogP contribution in [0.1, 0.15) is 26.4 Å². The van der Waals surface area contributed by atoms with Crippen LogP contribution in [0.5, 0.6) is 0 Å². The zero-order valence-corrected chi connectivity index (χ0v) is 16.3. The Labute approximate surface area is 169 Å². The molecule has 0 bridgehead atoms. The highest BCUT2D eigenvalue weighted by atomic mass is 16.5. The van der Waals surface area contributed by atoms with E-state index in [1.807, 2.05) is 12.1 Å². The predicted molar refractivity (Wildman–Crippen MR) is 110 cm³/mol. The molecular weight excluding hydrogens is 368 g/mol. The molecule has 0 fully saturated rings. The number of methoxy groups -OCH3 is 1. The van der Waals surface area contributed by atoms with E-state index in [1.165, 1.54) is 7.11 Å². The molecule has 0 unspecified atom stereocenters. The smallest absolute Gasteiger partial charge is 0.337 e. The Balaban J connectivity index is 1.57. The molecule has 3 rings (SSSR count). The summed E-state index contributed by atoms with van der Waals surface area (Å²) in [5, 5.41) is 3.18. The number of amides is 1. The van der Waals surface area contributed by atoms with Gasteiger partial charge < -0.3 is 15.0 Å². The highest BCUT2D eigenvalue weighted by molar-refractivity contribution is 5.92.